The Morgan fingerprint density at radius 3 is 2.83 bits per heavy atom. The van der Waals surface area contributed by atoms with E-state index in [4.69, 9.17) is 16.3 Å². The predicted molar refractivity (Wildman–Crippen MR) is 95.2 cm³/mol. The highest BCUT2D eigenvalue weighted by Crippen LogP contribution is 2.29. The van der Waals surface area contributed by atoms with Gasteiger partial charge >= 0.3 is 5.97 Å². The van der Waals surface area contributed by atoms with Gasteiger partial charge < -0.3 is 9.64 Å². The summed E-state index contributed by atoms with van der Waals surface area (Å²) in [4.78, 5) is 13.9. The number of aromatic nitrogens is 3. The SMILES string of the molecule is CCOC(=O)CSc1nnc(N2CCCC2)n1-c1cccc(Cl)c1. The molecular formula is C16H19ClN4O2S. The third kappa shape index (κ3) is 3.84. The first-order chi connectivity index (χ1) is 11.7. The number of benzene rings is 1. The molecule has 0 saturated carbocycles. The van der Waals surface area contributed by atoms with Crippen LogP contribution < -0.4 is 4.90 Å². The molecule has 0 unspecified atom stereocenters. The van der Waals surface area contributed by atoms with Crippen molar-refractivity contribution in [3.63, 3.8) is 0 Å². The summed E-state index contributed by atoms with van der Waals surface area (Å²) in [6, 6.07) is 7.56. The smallest absolute Gasteiger partial charge is 0.316 e. The Morgan fingerprint density at radius 1 is 1.33 bits per heavy atom. The first-order valence-corrected chi connectivity index (χ1v) is 9.30. The van der Waals surface area contributed by atoms with E-state index < -0.39 is 0 Å². The van der Waals surface area contributed by atoms with Gasteiger partial charge in [0.05, 0.1) is 18.0 Å². The summed E-state index contributed by atoms with van der Waals surface area (Å²) >= 11 is 7.47. The summed E-state index contributed by atoms with van der Waals surface area (Å²) in [5, 5.41) is 9.94. The van der Waals surface area contributed by atoms with Crippen molar-refractivity contribution in [3.8, 4) is 5.69 Å². The van der Waals surface area contributed by atoms with E-state index in [-0.39, 0.29) is 11.7 Å². The van der Waals surface area contributed by atoms with E-state index in [9.17, 15) is 4.79 Å². The van der Waals surface area contributed by atoms with Crippen molar-refractivity contribution in [3.05, 3.63) is 29.3 Å². The van der Waals surface area contributed by atoms with Crippen LogP contribution in [0, 0.1) is 0 Å². The molecule has 0 amide bonds. The summed E-state index contributed by atoms with van der Waals surface area (Å²) in [5.41, 5.74) is 0.890. The molecule has 1 saturated heterocycles. The maximum atomic E-state index is 11.6. The molecule has 1 fully saturated rings. The first-order valence-electron chi connectivity index (χ1n) is 7.93. The van der Waals surface area contributed by atoms with Crippen molar-refractivity contribution < 1.29 is 9.53 Å². The maximum Gasteiger partial charge on any atom is 0.316 e. The first kappa shape index (κ1) is 17.1. The number of carbonyl (C=O) groups is 1. The van der Waals surface area contributed by atoms with Gasteiger partial charge in [-0.15, -0.1) is 10.2 Å². The van der Waals surface area contributed by atoms with Crippen molar-refractivity contribution >= 4 is 35.3 Å². The summed E-state index contributed by atoms with van der Waals surface area (Å²) < 4.78 is 6.95. The zero-order valence-electron chi connectivity index (χ0n) is 13.4. The molecular weight excluding hydrogens is 348 g/mol. The molecule has 8 heteroatoms. The molecule has 2 aromatic rings. The molecule has 2 heterocycles. The topological polar surface area (TPSA) is 60.2 Å². The summed E-state index contributed by atoms with van der Waals surface area (Å²) in [5.74, 6) is 0.735. The van der Waals surface area contributed by atoms with E-state index >= 15 is 0 Å². The summed E-state index contributed by atoms with van der Waals surface area (Å²) in [6.45, 7) is 4.09. The highest BCUT2D eigenvalue weighted by atomic mass is 35.5. The van der Waals surface area contributed by atoms with Gasteiger partial charge in [-0.25, -0.2) is 0 Å². The van der Waals surface area contributed by atoms with Crippen molar-refractivity contribution in [2.24, 2.45) is 0 Å². The number of halogens is 1. The minimum Gasteiger partial charge on any atom is -0.465 e. The molecule has 1 aliphatic heterocycles. The third-order valence-electron chi connectivity index (χ3n) is 3.70. The van der Waals surface area contributed by atoms with Gasteiger partial charge in [-0.3, -0.25) is 9.36 Å². The fourth-order valence-electron chi connectivity index (χ4n) is 2.64. The second-order valence-electron chi connectivity index (χ2n) is 5.39. The maximum absolute atomic E-state index is 11.6. The lowest BCUT2D eigenvalue weighted by molar-refractivity contribution is -0.139. The second-order valence-corrected chi connectivity index (χ2v) is 6.76. The third-order valence-corrected chi connectivity index (χ3v) is 4.83. The molecule has 128 valence electrons. The number of rotatable bonds is 6. The molecule has 0 bridgehead atoms. The standard InChI is InChI=1S/C16H19ClN4O2S/c1-2-23-14(22)11-24-16-19-18-15(20-8-3-4-9-20)21(16)13-7-5-6-12(17)10-13/h5-7,10H,2-4,8-9,11H2,1H3. The number of hydrogen-bond acceptors (Lipinski definition) is 6. The Kier molecular flexibility index (Phi) is 5.63. The number of ether oxygens (including phenoxy) is 1. The Labute approximate surface area is 150 Å². The van der Waals surface area contributed by atoms with Crippen LogP contribution in [0.25, 0.3) is 5.69 Å². The number of thioether (sulfide) groups is 1. The number of carbonyl (C=O) groups excluding carboxylic acids is 1. The molecule has 0 atom stereocenters. The Hall–Kier alpha value is -1.73. The van der Waals surface area contributed by atoms with Gasteiger partial charge in [0.15, 0.2) is 5.16 Å². The molecule has 0 radical (unpaired) electrons. The predicted octanol–water partition coefficient (Wildman–Crippen LogP) is 3.18. The molecule has 6 nitrogen and oxygen atoms in total. The Balaban J connectivity index is 1.92. The van der Waals surface area contributed by atoms with E-state index in [1.807, 2.05) is 28.8 Å². The van der Waals surface area contributed by atoms with Crippen LogP contribution in [-0.4, -0.2) is 46.2 Å². The van der Waals surface area contributed by atoms with Gasteiger partial charge in [0, 0.05) is 18.1 Å². The van der Waals surface area contributed by atoms with Crippen LogP contribution in [-0.2, 0) is 9.53 Å². The van der Waals surface area contributed by atoms with Crippen molar-refractivity contribution in [1.82, 2.24) is 14.8 Å². The molecule has 1 aromatic carbocycles. The fourth-order valence-corrected chi connectivity index (χ4v) is 3.57. The highest BCUT2D eigenvalue weighted by molar-refractivity contribution is 7.99. The fraction of sp³-hybridized carbons (Fsp3) is 0.438. The van der Waals surface area contributed by atoms with Crippen LogP contribution >= 0.6 is 23.4 Å². The van der Waals surface area contributed by atoms with E-state index in [1.54, 1.807) is 6.92 Å². The number of esters is 1. The highest BCUT2D eigenvalue weighted by Gasteiger charge is 2.23. The van der Waals surface area contributed by atoms with Gasteiger partial charge in [0.1, 0.15) is 0 Å². The zero-order chi connectivity index (χ0) is 16.9. The van der Waals surface area contributed by atoms with Gasteiger partial charge in [-0.1, -0.05) is 29.4 Å². The van der Waals surface area contributed by atoms with Crippen LogP contribution in [0.5, 0.6) is 0 Å². The lowest BCUT2D eigenvalue weighted by Crippen LogP contribution is -2.22. The van der Waals surface area contributed by atoms with Crippen LogP contribution in [0.3, 0.4) is 0 Å². The van der Waals surface area contributed by atoms with Crippen LogP contribution in [0.2, 0.25) is 5.02 Å². The molecule has 0 aliphatic carbocycles. The molecule has 0 N–H and O–H groups in total. The van der Waals surface area contributed by atoms with Crippen LogP contribution in [0.15, 0.2) is 29.4 Å². The summed E-state index contributed by atoms with van der Waals surface area (Å²) in [7, 11) is 0. The minimum atomic E-state index is -0.258. The van der Waals surface area contributed by atoms with Crippen molar-refractivity contribution in [2.75, 3.05) is 30.3 Å². The number of hydrogen-bond donors (Lipinski definition) is 0. The van der Waals surface area contributed by atoms with E-state index in [1.165, 1.54) is 11.8 Å². The number of nitrogens with zero attached hydrogens (tertiary/aromatic N) is 4. The average molecular weight is 367 g/mol. The quantitative estimate of drug-likeness (QED) is 0.578. The lowest BCUT2D eigenvalue weighted by atomic mass is 10.3. The largest absolute Gasteiger partial charge is 0.465 e. The van der Waals surface area contributed by atoms with Crippen LogP contribution in [0.1, 0.15) is 19.8 Å². The van der Waals surface area contributed by atoms with E-state index in [0.717, 1.165) is 37.6 Å². The summed E-state index contributed by atoms with van der Waals surface area (Å²) in [6.07, 6.45) is 2.29. The molecule has 24 heavy (non-hydrogen) atoms. The Bertz CT molecular complexity index is 716. The minimum absolute atomic E-state index is 0.201. The second kappa shape index (κ2) is 7.90. The molecule has 3 rings (SSSR count). The monoisotopic (exact) mass is 366 g/mol. The Morgan fingerprint density at radius 2 is 2.12 bits per heavy atom. The molecule has 1 aromatic heterocycles. The molecule has 1 aliphatic rings. The van der Waals surface area contributed by atoms with Gasteiger partial charge in [-0.2, -0.15) is 0 Å². The average Bonchev–Trinajstić information content (AvgIpc) is 3.22. The van der Waals surface area contributed by atoms with Crippen molar-refractivity contribution in [2.45, 2.75) is 24.9 Å². The van der Waals surface area contributed by atoms with Crippen LogP contribution in [0.4, 0.5) is 5.95 Å². The van der Waals surface area contributed by atoms with Gasteiger partial charge in [0.2, 0.25) is 5.95 Å². The lowest BCUT2D eigenvalue weighted by Gasteiger charge is -2.18. The van der Waals surface area contributed by atoms with Gasteiger partial charge in [0.25, 0.3) is 0 Å². The van der Waals surface area contributed by atoms with E-state index in [0.29, 0.717) is 16.8 Å². The van der Waals surface area contributed by atoms with Crippen molar-refractivity contribution in [1.29, 1.82) is 0 Å². The molecule has 0 spiro atoms. The number of anilines is 1. The van der Waals surface area contributed by atoms with E-state index in [2.05, 4.69) is 15.1 Å². The zero-order valence-corrected chi connectivity index (χ0v) is 15.0. The normalized spacial score (nSPS) is 14.2. The van der Waals surface area contributed by atoms with Gasteiger partial charge in [-0.05, 0) is 38.0 Å².